The fraction of sp³-hybridized carbons (Fsp3) is 0.500. The third-order valence-electron chi connectivity index (χ3n) is 4.42. The predicted molar refractivity (Wildman–Crippen MR) is 87.6 cm³/mol. The topological polar surface area (TPSA) is 76.4 Å². The van der Waals surface area contributed by atoms with E-state index in [1.54, 1.807) is 25.6 Å². The summed E-state index contributed by atoms with van der Waals surface area (Å²) >= 11 is 0. The normalized spacial score (nSPS) is 20.6. The zero-order valence-electron chi connectivity index (χ0n) is 14.2. The number of nitrogens with zero attached hydrogens (tertiary/aromatic N) is 6. The first-order valence-corrected chi connectivity index (χ1v) is 7.87. The number of amides is 1. The Labute approximate surface area is 141 Å². The van der Waals surface area contributed by atoms with Gasteiger partial charge in [-0.15, -0.1) is 5.10 Å². The maximum Gasteiger partial charge on any atom is 0.227 e. The highest BCUT2D eigenvalue weighted by molar-refractivity contribution is 5.79. The molecule has 1 aliphatic heterocycles. The van der Waals surface area contributed by atoms with Gasteiger partial charge in [0.1, 0.15) is 0 Å². The molecule has 1 aliphatic rings. The predicted octanol–water partition coefficient (Wildman–Crippen LogP) is 0.238. The van der Waals surface area contributed by atoms with E-state index in [1.165, 1.54) is 0 Å². The molecule has 0 radical (unpaired) electrons. The Bertz CT molecular complexity index is 688. The van der Waals surface area contributed by atoms with Gasteiger partial charge in [-0.1, -0.05) is 5.21 Å². The van der Waals surface area contributed by atoms with Crippen molar-refractivity contribution in [3.8, 4) is 5.88 Å². The summed E-state index contributed by atoms with van der Waals surface area (Å²) in [5.41, 5.74) is 0.900. The molecule has 3 rings (SSSR count). The molecule has 1 fully saturated rings. The van der Waals surface area contributed by atoms with Gasteiger partial charge in [-0.05, 0) is 25.7 Å². The smallest absolute Gasteiger partial charge is 0.227 e. The van der Waals surface area contributed by atoms with Gasteiger partial charge in [0.15, 0.2) is 0 Å². The molecule has 0 aliphatic carbocycles. The standard InChI is InChI=1S/C16H22N6O2/c1-20(2)13-10-21(11-14(13)22-7-6-18-19-22)16(23)9-12-4-5-17-15(8-12)24-3/h4-8,13-14H,9-11H2,1-3H3/t13-,14+/m1/s1. The quantitative estimate of drug-likeness (QED) is 0.781. The van der Waals surface area contributed by atoms with Crippen LogP contribution in [0.1, 0.15) is 11.6 Å². The minimum atomic E-state index is 0.0951. The molecule has 0 N–H and O–H groups in total. The van der Waals surface area contributed by atoms with Crippen LogP contribution in [-0.2, 0) is 11.2 Å². The van der Waals surface area contributed by atoms with Crippen LogP contribution in [0, 0.1) is 0 Å². The van der Waals surface area contributed by atoms with Crippen LogP contribution in [-0.4, -0.2) is 76.0 Å². The van der Waals surface area contributed by atoms with Crippen molar-refractivity contribution in [2.45, 2.75) is 18.5 Å². The van der Waals surface area contributed by atoms with Gasteiger partial charge >= 0.3 is 0 Å². The van der Waals surface area contributed by atoms with Crippen molar-refractivity contribution in [2.75, 3.05) is 34.3 Å². The number of methoxy groups -OCH3 is 1. The highest BCUT2D eigenvalue weighted by atomic mass is 16.5. The lowest BCUT2D eigenvalue weighted by atomic mass is 10.1. The second kappa shape index (κ2) is 6.96. The Morgan fingerprint density at radius 1 is 1.38 bits per heavy atom. The van der Waals surface area contributed by atoms with Gasteiger partial charge in [-0.25, -0.2) is 9.67 Å². The molecule has 24 heavy (non-hydrogen) atoms. The van der Waals surface area contributed by atoms with E-state index < -0.39 is 0 Å². The van der Waals surface area contributed by atoms with E-state index in [2.05, 4.69) is 20.2 Å². The monoisotopic (exact) mass is 330 g/mol. The minimum Gasteiger partial charge on any atom is -0.481 e. The number of likely N-dealkylation sites (N-methyl/N-ethyl adjacent to an activating group) is 1. The van der Waals surface area contributed by atoms with Crippen molar-refractivity contribution in [2.24, 2.45) is 0 Å². The summed E-state index contributed by atoms with van der Waals surface area (Å²) in [5.74, 6) is 0.617. The highest BCUT2D eigenvalue weighted by Crippen LogP contribution is 2.25. The van der Waals surface area contributed by atoms with Gasteiger partial charge in [0.25, 0.3) is 0 Å². The number of hydrogen-bond donors (Lipinski definition) is 0. The largest absolute Gasteiger partial charge is 0.481 e. The third kappa shape index (κ3) is 3.38. The van der Waals surface area contributed by atoms with E-state index in [0.717, 1.165) is 5.56 Å². The number of pyridine rings is 1. The van der Waals surface area contributed by atoms with E-state index in [4.69, 9.17) is 4.74 Å². The number of hydrogen-bond acceptors (Lipinski definition) is 6. The maximum absolute atomic E-state index is 12.7. The van der Waals surface area contributed by atoms with Gasteiger partial charge in [-0.3, -0.25) is 4.79 Å². The second-order valence-corrected chi connectivity index (χ2v) is 6.16. The van der Waals surface area contributed by atoms with Crippen LogP contribution in [0.25, 0.3) is 0 Å². The minimum absolute atomic E-state index is 0.0951. The summed E-state index contributed by atoms with van der Waals surface area (Å²) in [6.07, 6.45) is 5.51. The summed E-state index contributed by atoms with van der Waals surface area (Å²) in [7, 11) is 5.62. The molecule has 0 unspecified atom stereocenters. The average molecular weight is 330 g/mol. The molecule has 0 spiro atoms. The molecule has 2 atom stereocenters. The second-order valence-electron chi connectivity index (χ2n) is 6.16. The number of ether oxygens (including phenoxy) is 1. The van der Waals surface area contributed by atoms with E-state index in [-0.39, 0.29) is 18.0 Å². The van der Waals surface area contributed by atoms with Crippen molar-refractivity contribution in [3.63, 3.8) is 0 Å². The number of carbonyl (C=O) groups excluding carboxylic acids is 1. The van der Waals surface area contributed by atoms with E-state index in [9.17, 15) is 4.79 Å². The van der Waals surface area contributed by atoms with Crippen LogP contribution < -0.4 is 4.74 Å². The average Bonchev–Trinajstić information content (AvgIpc) is 3.24. The molecule has 0 bridgehead atoms. The Hall–Kier alpha value is -2.48. The molecule has 8 nitrogen and oxygen atoms in total. The summed E-state index contributed by atoms with van der Waals surface area (Å²) in [6.45, 7) is 1.31. The van der Waals surface area contributed by atoms with Gasteiger partial charge in [0.2, 0.25) is 11.8 Å². The van der Waals surface area contributed by atoms with Crippen molar-refractivity contribution >= 4 is 5.91 Å². The molecular weight excluding hydrogens is 308 g/mol. The van der Waals surface area contributed by atoms with Gasteiger partial charge in [-0.2, -0.15) is 0 Å². The lowest BCUT2D eigenvalue weighted by Crippen LogP contribution is -2.37. The summed E-state index contributed by atoms with van der Waals surface area (Å²) < 4.78 is 6.96. The summed E-state index contributed by atoms with van der Waals surface area (Å²) in [5, 5.41) is 8.00. The molecule has 1 amide bonds. The van der Waals surface area contributed by atoms with Crippen LogP contribution in [0.5, 0.6) is 5.88 Å². The van der Waals surface area contributed by atoms with E-state index >= 15 is 0 Å². The number of carbonyl (C=O) groups is 1. The molecule has 128 valence electrons. The van der Waals surface area contributed by atoms with Crippen molar-refractivity contribution < 1.29 is 9.53 Å². The van der Waals surface area contributed by atoms with Crippen LogP contribution in [0.4, 0.5) is 0 Å². The van der Waals surface area contributed by atoms with Crippen LogP contribution in [0.3, 0.4) is 0 Å². The zero-order chi connectivity index (χ0) is 17.1. The molecule has 0 saturated carbocycles. The van der Waals surface area contributed by atoms with Crippen molar-refractivity contribution in [3.05, 3.63) is 36.3 Å². The number of likely N-dealkylation sites (tertiary alicyclic amines) is 1. The summed E-state index contributed by atoms with van der Waals surface area (Å²) in [6, 6.07) is 3.96. The molecule has 2 aromatic rings. The van der Waals surface area contributed by atoms with Crippen LogP contribution >= 0.6 is 0 Å². The van der Waals surface area contributed by atoms with Gasteiger partial charge in [0, 0.05) is 31.5 Å². The van der Waals surface area contributed by atoms with Gasteiger partial charge in [0.05, 0.1) is 31.8 Å². The lowest BCUT2D eigenvalue weighted by molar-refractivity contribution is -0.129. The Kier molecular flexibility index (Phi) is 4.75. The Balaban J connectivity index is 1.71. The fourth-order valence-corrected chi connectivity index (χ4v) is 3.09. The molecule has 0 aromatic carbocycles. The zero-order valence-corrected chi connectivity index (χ0v) is 14.2. The van der Waals surface area contributed by atoms with Crippen molar-refractivity contribution in [1.82, 2.24) is 29.8 Å². The van der Waals surface area contributed by atoms with E-state index in [1.807, 2.05) is 35.9 Å². The van der Waals surface area contributed by atoms with E-state index in [0.29, 0.717) is 25.4 Å². The third-order valence-corrected chi connectivity index (χ3v) is 4.42. The van der Waals surface area contributed by atoms with Gasteiger partial charge < -0.3 is 14.5 Å². The summed E-state index contributed by atoms with van der Waals surface area (Å²) in [4.78, 5) is 20.8. The molecule has 1 saturated heterocycles. The molecule has 3 heterocycles. The maximum atomic E-state index is 12.7. The number of aromatic nitrogens is 4. The Morgan fingerprint density at radius 3 is 2.88 bits per heavy atom. The van der Waals surface area contributed by atoms with Crippen LogP contribution in [0.2, 0.25) is 0 Å². The first-order valence-electron chi connectivity index (χ1n) is 7.87. The first kappa shape index (κ1) is 16.4. The Morgan fingerprint density at radius 2 is 2.21 bits per heavy atom. The first-order chi connectivity index (χ1) is 11.6. The highest BCUT2D eigenvalue weighted by Gasteiger charge is 2.37. The SMILES string of the molecule is COc1cc(CC(=O)N2C[C@@H](N(C)C)[C@@H](n3ccnn3)C2)ccn1. The lowest BCUT2D eigenvalue weighted by Gasteiger charge is -2.24. The number of rotatable bonds is 5. The molecular formula is C16H22N6O2. The van der Waals surface area contributed by atoms with Crippen molar-refractivity contribution in [1.29, 1.82) is 0 Å². The molecule has 2 aromatic heterocycles. The molecule has 8 heteroatoms. The van der Waals surface area contributed by atoms with Crippen LogP contribution in [0.15, 0.2) is 30.7 Å². The fourth-order valence-electron chi connectivity index (χ4n) is 3.09.